The number of carbonyl (C=O) groups excluding carboxylic acids is 1. The van der Waals surface area contributed by atoms with Gasteiger partial charge in [-0.3, -0.25) is 9.59 Å². The number of hydrogen-bond donors (Lipinski definition) is 1. The van der Waals surface area contributed by atoms with E-state index < -0.39 is 11.4 Å². The van der Waals surface area contributed by atoms with Gasteiger partial charge in [-0.05, 0) is 111 Å². The number of ketones is 1. The number of hydrogen-bond acceptors (Lipinski definition) is 2. The van der Waals surface area contributed by atoms with Gasteiger partial charge in [0, 0.05) is 11.8 Å². The molecule has 0 amide bonds. The third-order valence-corrected chi connectivity index (χ3v) is 13.2. The maximum absolute atomic E-state index is 12.9. The zero-order valence-corrected chi connectivity index (χ0v) is 21.9. The van der Waals surface area contributed by atoms with E-state index in [4.69, 9.17) is 0 Å². The molecule has 0 spiro atoms. The van der Waals surface area contributed by atoms with Crippen LogP contribution in [0.2, 0.25) is 0 Å². The Morgan fingerprint density at radius 3 is 2.21 bits per heavy atom. The Kier molecular flexibility index (Phi) is 4.99. The van der Waals surface area contributed by atoms with Gasteiger partial charge in [0.2, 0.25) is 0 Å². The molecule has 9 atom stereocenters. The minimum Gasteiger partial charge on any atom is -0.481 e. The highest BCUT2D eigenvalue weighted by atomic mass is 16.4. The molecule has 1 N–H and O–H groups in total. The number of allylic oxidation sites excluding steroid dienone is 1. The second kappa shape index (κ2) is 6.97. The predicted octanol–water partition coefficient (Wildman–Crippen LogP) is 7.30. The Balaban J connectivity index is 1.57. The number of carbonyl (C=O) groups is 2. The molecule has 0 saturated heterocycles. The zero-order valence-electron chi connectivity index (χ0n) is 21.9. The molecule has 5 saturated carbocycles. The van der Waals surface area contributed by atoms with Crippen LogP contribution in [0.15, 0.2) is 12.2 Å². The molecule has 0 heterocycles. The fourth-order valence-corrected chi connectivity index (χ4v) is 11.3. The number of aliphatic carboxylic acids is 1. The van der Waals surface area contributed by atoms with Crippen LogP contribution in [-0.2, 0) is 9.59 Å². The standard InChI is InChI=1S/C30H46O3/c1-18(2)19-10-15-30(25(32)33)17-16-28(6)20(24(19)30)8-9-22-27(5)13-12-23(31)26(3,4)21(27)11-14-29(22,28)7/h19-22,24H,1,8-17H2,2-7H3,(H,32,33)/t19-,20+,21-,22+,24+,27+,28+,29-,30-/m0/s1. The first-order valence-corrected chi connectivity index (χ1v) is 13.7. The molecule has 5 fully saturated rings. The molecular formula is C30H46O3. The summed E-state index contributed by atoms with van der Waals surface area (Å²) >= 11 is 0. The van der Waals surface area contributed by atoms with Gasteiger partial charge in [0.1, 0.15) is 5.78 Å². The molecule has 184 valence electrons. The molecule has 0 aromatic carbocycles. The Bertz CT molecular complexity index is 902. The normalized spacial score (nSPS) is 52.8. The molecule has 0 aromatic heterocycles. The number of rotatable bonds is 2. The zero-order chi connectivity index (χ0) is 24.2. The first-order valence-electron chi connectivity index (χ1n) is 13.7. The lowest BCUT2D eigenvalue weighted by atomic mass is 9.32. The summed E-state index contributed by atoms with van der Waals surface area (Å²) < 4.78 is 0. The fourth-order valence-electron chi connectivity index (χ4n) is 11.3. The molecule has 5 rings (SSSR count). The van der Waals surface area contributed by atoms with Crippen molar-refractivity contribution in [3.05, 3.63) is 12.2 Å². The van der Waals surface area contributed by atoms with Crippen LogP contribution in [0.5, 0.6) is 0 Å². The second-order valence-electron chi connectivity index (χ2n) is 14.3. The number of carboxylic acids is 1. The number of Topliss-reactive ketones (excluding diaryl/α,β-unsaturated/α-hetero) is 1. The Morgan fingerprint density at radius 1 is 0.879 bits per heavy atom. The minimum absolute atomic E-state index is 0.164. The largest absolute Gasteiger partial charge is 0.481 e. The van der Waals surface area contributed by atoms with Gasteiger partial charge in [0.25, 0.3) is 0 Å². The van der Waals surface area contributed by atoms with Crippen molar-refractivity contribution in [2.75, 3.05) is 0 Å². The van der Waals surface area contributed by atoms with E-state index in [2.05, 4.69) is 48.1 Å². The van der Waals surface area contributed by atoms with Crippen LogP contribution >= 0.6 is 0 Å². The Morgan fingerprint density at radius 2 is 1.58 bits per heavy atom. The monoisotopic (exact) mass is 454 g/mol. The van der Waals surface area contributed by atoms with E-state index in [1.807, 2.05) is 0 Å². The van der Waals surface area contributed by atoms with Gasteiger partial charge in [-0.1, -0.05) is 46.8 Å². The van der Waals surface area contributed by atoms with Crippen LogP contribution in [0, 0.1) is 56.7 Å². The summed E-state index contributed by atoms with van der Waals surface area (Å²) in [5.74, 6) is 2.07. The number of carboxylic acid groups (broad SMARTS) is 1. The van der Waals surface area contributed by atoms with Crippen molar-refractivity contribution >= 4 is 11.8 Å². The Labute approximate surface area is 201 Å². The maximum Gasteiger partial charge on any atom is 0.309 e. The summed E-state index contributed by atoms with van der Waals surface area (Å²) in [7, 11) is 0. The third kappa shape index (κ3) is 2.69. The van der Waals surface area contributed by atoms with Gasteiger partial charge >= 0.3 is 5.97 Å². The minimum atomic E-state index is -0.547. The van der Waals surface area contributed by atoms with Gasteiger partial charge < -0.3 is 5.11 Å². The van der Waals surface area contributed by atoms with Gasteiger partial charge in [0.05, 0.1) is 5.41 Å². The molecule has 0 unspecified atom stereocenters. The molecule has 0 radical (unpaired) electrons. The van der Waals surface area contributed by atoms with E-state index in [1.165, 1.54) is 18.4 Å². The molecule has 0 bridgehead atoms. The summed E-state index contributed by atoms with van der Waals surface area (Å²) in [6.07, 6.45) is 10.1. The first-order chi connectivity index (χ1) is 15.3. The van der Waals surface area contributed by atoms with Crippen molar-refractivity contribution < 1.29 is 14.7 Å². The van der Waals surface area contributed by atoms with Crippen molar-refractivity contribution in [2.45, 2.75) is 106 Å². The van der Waals surface area contributed by atoms with E-state index in [0.717, 1.165) is 51.4 Å². The van der Waals surface area contributed by atoms with Gasteiger partial charge in [-0.25, -0.2) is 0 Å². The van der Waals surface area contributed by atoms with Gasteiger partial charge in [0.15, 0.2) is 0 Å². The van der Waals surface area contributed by atoms with Crippen LogP contribution in [0.25, 0.3) is 0 Å². The summed E-state index contributed by atoms with van der Waals surface area (Å²) in [5, 5.41) is 10.5. The van der Waals surface area contributed by atoms with E-state index in [9.17, 15) is 14.7 Å². The smallest absolute Gasteiger partial charge is 0.309 e. The summed E-state index contributed by atoms with van der Waals surface area (Å²) in [6.45, 7) is 18.5. The van der Waals surface area contributed by atoms with E-state index >= 15 is 0 Å². The molecule has 0 aromatic rings. The highest BCUT2D eigenvalue weighted by Gasteiger charge is 2.72. The molecule has 3 heteroatoms. The van der Waals surface area contributed by atoms with E-state index in [-0.39, 0.29) is 27.6 Å². The quantitative estimate of drug-likeness (QED) is 0.445. The fraction of sp³-hybridized carbons (Fsp3) is 0.867. The van der Waals surface area contributed by atoms with Crippen molar-refractivity contribution in [2.24, 2.45) is 56.7 Å². The second-order valence-corrected chi connectivity index (χ2v) is 14.3. The summed E-state index contributed by atoms with van der Waals surface area (Å²) in [5.41, 5.74) is 1.03. The van der Waals surface area contributed by atoms with Crippen molar-refractivity contribution in [1.82, 2.24) is 0 Å². The summed E-state index contributed by atoms with van der Waals surface area (Å²) in [6, 6.07) is 0. The topological polar surface area (TPSA) is 54.4 Å². The molecule has 5 aliphatic rings. The van der Waals surface area contributed by atoms with Crippen molar-refractivity contribution in [1.29, 1.82) is 0 Å². The molecule has 0 aliphatic heterocycles. The molecule has 5 aliphatic carbocycles. The van der Waals surface area contributed by atoms with Crippen molar-refractivity contribution in [3.8, 4) is 0 Å². The van der Waals surface area contributed by atoms with Crippen LogP contribution in [0.4, 0.5) is 0 Å². The van der Waals surface area contributed by atoms with Crippen molar-refractivity contribution in [3.63, 3.8) is 0 Å². The van der Waals surface area contributed by atoms with Crippen LogP contribution in [-0.4, -0.2) is 16.9 Å². The van der Waals surface area contributed by atoms with E-state index in [0.29, 0.717) is 29.5 Å². The molecule has 33 heavy (non-hydrogen) atoms. The molecule has 3 nitrogen and oxygen atoms in total. The average molecular weight is 455 g/mol. The van der Waals surface area contributed by atoms with Gasteiger partial charge in [-0.15, -0.1) is 0 Å². The molecular weight excluding hydrogens is 408 g/mol. The predicted molar refractivity (Wildman–Crippen MR) is 132 cm³/mol. The summed E-state index contributed by atoms with van der Waals surface area (Å²) in [4.78, 5) is 25.7. The maximum atomic E-state index is 12.9. The third-order valence-electron chi connectivity index (χ3n) is 13.2. The van der Waals surface area contributed by atoms with Crippen LogP contribution in [0.1, 0.15) is 106 Å². The SMILES string of the molecule is C=C(C)[C@@H]1CC[C@]2(C(=O)O)CC[C@]3(C)[C@H](CC[C@@H]4[C@]5(C)CCC(=O)C(C)(C)[C@@H]5CC[C@@]43C)[C@@H]12. The Hall–Kier alpha value is -1.12. The van der Waals surface area contributed by atoms with Crippen LogP contribution in [0.3, 0.4) is 0 Å². The van der Waals surface area contributed by atoms with Gasteiger partial charge in [-0.2, -0.15) is 0 Å². The van der Waals surface area contributed by atoms with E-state index in [1.54, 1.807) is 0 Å². The lowest BCUT2D eigenvalue weighted by Gasteiger charge is -2.72. The first kappa shape index (κ1) is 23.6. The highest BCUT2D eigenvalue weighted by Crippen LogP contribution is 2.77. The number of fused-ring (bicyclic) bond motifs is 7. The lowest BCUT2D eigenvalue weighted by Crippen LogP contribution is -2.66. The highest BCUT2D eigenvalue weighted by molar-refractivity contribution is 5.85. The lowest BCUT2D eigenvalue weighted by molar-refractivity contribution is -0.235. The van der Waals surface area contributed by atoms with Crippen LogP contribution < -0.4 is 0 Å². The average Bonchev–Trinajstić information content (AvgIpc) is 3.13.